The number of aliphatic hydroxyl groups is 2. The van der Waals surface area contributed by atoms with E-state index in [4.69, 9.17) is 10.2 Å². The van der Waals surface area contributed by atoms with Crippen molar-refractivity contribution < 1.29 is 10.2 Å². The minimum Gasteiger partial charge on any atom is -0.368 e. The molecule has 0 bridgehead atoms. The van der Waals surface area contributed by atoms with Gasteiger partial charge in [-0.15, -0.1) is 0 Å². The number of hydrogen-bond acceptors (Lipinski definition) is 2. The van der Waals surface area contributed by atoms with Gasteiger partial charge in [0.05, 0.1) is 0 Å². The first kappa shape index (κ1) is 8.74. The summed E-state index contributed by atoms with van der Waals surface area (Å²) in [4.78, 5) is 0. The van der Waals surface area contributed by atoms with Crippen LogP contribution < -0.4 is 0 Å². The second kappa shape index (κ2) is 3.88. The topological polar surface area (TPSA) is 40.5 Å². The van der Waals surface area contributed by atoms with Crippen LogP contribution in [0.5, 0.6) is 0 Å². The second-order valence-corrected chi connectivity index (χ2v) is 4.48. The Labute approximate surface area is 74.8 Å². The minimum atomic E-state index is -1.10. The van der Waals surface area contributed by atoms with Crippen LogP contribution in [0.4, 0.5) is 0 Å². The molecule has 3 heteroatoms. The van der Waals surface area contributed by atoms with E-state index in [-0.39, 0.29) is 5.92 Å². The lowest BCUT2D eigenvalue weighted by Crippen LogP contribution is -2.30. The monoisotopic (exact) mass is 256 g/mol. The maximum atomic E-state index is 8.90. The fraction of sp³-hybridized carbons (Fsp3) is 1.00. The maximum Gasteiger partial charge on any atom is 0.155 e. The van der Waals surface area contributed by atoms with Gasteiger partial charge in [-0.25, -0.2) is 0 Å². The third-order valence-electron chi connectivity index (χ3n) is 2.11. The van der Waals surface area contributed by atoms with Crippen LogP contribution >= 0.6 is 22.6 Å². The van der Waals surface area contributed by atoms with Gasteiger partial charge < -0.3 is 10.2 Å². The summed E-state index contributed by atoms with van der Waals surface area (Å²) in [6.45, 7) is 0. The van der Waals surface area contributed by atoms with E-state index < -0.39 is 6.29 Å². The fourth-order valence-corrected chi connectivity index (χ4v) is 2.62. The van der Waals surface area contributed by atoms with E-state index in [0.717, 1.165) is 19.3 Å². The van der Waals surface area contributed by atoms with Crippen LogP contribution in [-0.2, 0) is 0 Å². The Morgan fingerprint density at radius 1 is 1.20 bits per heavy atom. The summed E-state index contributed by atoms with van der Waals surface area (Å²) in [5.41, 5.74) is 0. The van der Waals surface area contributed by atoms with E-state index >= 15 is 0 Å². The Hall–Kier alpha value is 0.650. The summed E-state index contributed by atoms with van der Waals surface area (Å²) in [6, 6.07) is 0. The molecule has 1 saturated carbocycles. The smallest absolute Gasteiger partial charge is 0.155 e. The molecule has 1 fully saturated rings. The van der Waals surface area contributed by atoms with Gasteiger partial charge in [0, 0.05) is 9.84 Å². The van der Waals surface area contributed by atoms with Crippen LogP contribution in [0.25, 0.3) is 0 Å². The third-order valence-corrected chi connectivity index (χ3v) is 3.66. The van der Waals surface area contributed by atoms with Crippen molar-refractivity contribution in [3.05, 3.63) is 0 Å². The van der Waals surface area contributed by atoms with Crippen LogP contribution in [0, 0.1) is 5.92 Å². The summed E-state index contributed by atoms with van der Waals surface area (Å²) in [7, 11) is 0. The molecule has 1 aliphatic rings. The summed E-state index contributed by atoms with van der Waals surface area (Å²) >= 11 is 2.31. The first-order valence-electron chi connectivity index (χ1n) is 3.72. The van der Waals surface area contributed by atoms with Crippen LogP contribution in [0.3, 0.4) is 0 Å². The summed E-state index contributed by atoms with van der Waals surface area (Å²) in [5, 5.41) is 17.8. The lowest BCUT2D eigenvalue weighted by molar-refractivity contribution is -0.0890. The number of rotatable bonds is 1. The molecule has 0 amide bonds. The fourth-order valence-electron chi connectivity index (χ4n) is 1.45. The zero-order valence-corrected chi connectivity index (χ0v) is 7.99. The molecule has 0 aromatic heterocycles. The third kappa shape index (κ3) is 2.07. The SMILES string of the molecule is OC(O)C1CCCCC1I. The molecule has 60 valence electrons. The minimum absolute atomic E-state index is 0.120. The zero-order valence-electron chi connectivity index (χ0n) is 5.83. The van der Waals surface area contributed by atoms with Gasteiger partial charge in [-0.3, -0.25) is 0 Å². The van der Waals surface area contributed by atoms with Crippen LogP contribution in [-0.4, -0.2) is 20.4 Å². The van der Waals surface area contributed by atoms with Crippen molar-refractivity contribution in [3.8, 4) is 0 Å². The highest BCUT2D eigenvalue weighted by atomic mass is 127. The Balaban J connectivity index is 2.40. The van der Waals surface area contributed by atoms with Crippen molar-refractivity contribution in [1.29, 1.82) is 0 Å². The van der Waals surface area contributed by atoms with Gasteiger partial charge in [-0.1, -0.05) is 35.4 Å². The molecule has 2 unspecified atom stereocenters. The summed E-state index contributed by atoms with van der Waals surface area (Å²) < 4.78 is 0.464. The van der Waals surface area contributed by atoms with Crippen molar-refractivity contribution >= 4 is 22.6 Å². The lowest BCUT2D eigenvalue weighted by atomic mass is 9.89. The van der Waals surface area contributed by atoms with Gasteiger partial charge in [0.15, 0.2) is 6.29 Å². The van der Waals surface area contributed by atoms with Crippen LogP contribution in [0.15, 0.2) is 0 Å². The number of aliphatic hydroxyl groups excluding tert-OH is 1. The molecule has 1 rings (SSSR count). The average molecular weight is 256 g/mol. The van der Waals surface area contributed by atoms with E-state index in [9.17, 15) is 0 Å². The highest BCUT2D eigenvalue weighted by Crippen LogP contribution is 2.31. The van der Waals surface area contributed by atoms with Gasteiger partial charge in [-0.2, -0.15) is 0 Å². The van der Waals surface area contributed by atoms with Crippen molar-refractivity contribution in [1.82, 2.24) is 0 Å². The molecule has 2 N–H and O–H groups in total. The average Bonchev–Trinajstić information content (AvgIpc) is 1.88. The normalized spacial score (nSPS) is 34.8. The van der Waals surface area contributed by atoms with E-state index in [1.54, 1.807) is 0 Å². The van der Waals surface area contributed by atoms with Gasteiger partial charge in [0.25, 0.3) is 0 Å². The first-order chi connectivity index (χ1) is 4.72. The lowest BCUT2D eigenvalue weighted by Gasteiger charge is -2.28. The van der Waals surface area contributed by atoms with E-state index in [1.165, 1.54) is 6.42 Å². The van der Waals surface area contributed by atoms with E-state index in [0.29, 0.717) is 3.92 Å². The predicted octanol–water partition coefficient (Wildman–Crippen LogP) is 1.29. The maximum absolute atomic E-state index is 8.90. The van der Waals surface area contributed by atoms with Crippen LogP contribution in [0.1, 0.15) is 25.7 Å². The molecule has 0 spiro atoms. The van der Waals surface area contributed by atoms with E-state index in [2.05, 4.69) is 22.6 Å². The van der Waals surface area contributed by atoms with Crippen molar-refractivity contribution in [3.63, 3.8) is 0 Å². The predicted molar refractivity (Wildman–Crippen MR) is 48.0 cm³/mol. The molecule has 2 atom stereocenters. The number of hydrogen-bond donors (Lipinski definition) is 2. The second-order valence-electron chi connectivity index (χ2n) is 2.88. The van der Waals surface area contributed by atoms with Gasteiger partial charge in [0.1, 0.15) is 0 Å². The van der Waals surface area contributed by atoms with E-state index in [1.807, 2.05) is 0 Å². The summed E-state index contributed by atoms with van der Waals surface area (Å²) in [5.74, 6) is 0.120. The molecular formula is C7H13IO2. The number of halogens is 1. The van der Waals surface area contributed by atoms with Crippen molar-refractivity contribution in [2.75, 3.05) is 0 Å². The van der Waals surface area contributed by atoms with Gasteiger partial charge in [0.2, 0.25) is 0 Å². The Bertz CT molecular complexity index is 106. The largest absolute Gasteiger partial charge is 0.368 e. The van der Waals surface area contributed by atoms with Gasteiger partial charge in [-0.05, 0) is 12.8 Å². The standard InChI is InChI=1S/C7H13IO2/c8-6-4-2-1-3-5(6)7(9)10/h5-7,9-10H,1-4H2. The highest BCUT2D eigenvalue weighted by molar-refractivity contribution is 14.1. The molecule has 1 aliphatic carbocycles. The molecular weight excluding hydrogens is 243 g/mol. The molecule has 2 nitrogen and oxygen atoms in total. The first-order valence-corrected chi connectivity index (χ1v) is 4.96. The highest BCUT2D eigenvalue weighted by Gasteiger charge is 2.27. The van der Waals surface area contributed by atoms with Crippen LogP contribution in [0.2, 0.25) is 0 Å². The zero-order chi connectivity index (χ0) is 7.56. The van der Waals surface area contributed by atoms with Crippen molar-refractivity contribution in [2.45, 2.75) is 35.9 Å². The summed E-state index contributed by atoms with van der Waals surface area (Å²) in [6.07, 6.45) is 3.43. The quantitative estimate of drug-likeness (QED) is 0.421. The molecule has 0 aliphatic heterocycles. The molecule has 0 radical (unpaired) electrons. The molecule has 0 heterocycles. The van der Waals surface area contributed by atoms with Gasteiger partial charge >= 0.3 is 0 Å². The molecule has 10 heavy (non-hydrogen) atoms. The Kier molecular flexibility index (Phi) is 3.39. The molecule has 0 aromatic carbocycles. The number of alkyl halides is 1. The molecule has 0 saturated heterocycles. The van der Waals surface area contributed by atoms with Crippen molar-refractivity contribution in [2.24, 2.45) is 5.92 Å². The molecule has 0 aromatic rings. The Morgan fingerprint density at radius 3 is 2.20 bits per heavy atom. The Morgan fingerprint density at radius 2 is 1.80 bits per heavy atom.